The SMILES string of the molecule is CCNC(CCc1ccsc1)c1ccc(F)c(C)c1. The third-order valence-electron chi connectivity index (χ3n) is 3.34. The van der Waals surface area contributed by atoms with Gasteiger partial charge in [0.15, 0.2) is 0 Å². The molecule has 0 bridgehead atoms. The zero-order valence-corrected chi connectivity index (χ0v) is 12.3. The fourth-order valence-corrected chi connectivity index (χ4v) is 2.97. The van der Waals surface area contributed by atoms with Crippen LogP contribution >= 0.6 is 11.3 Å². The number of benzene rings is 1. The monoisotopic (exact) mass is 277 g/mol. The molecular formula is C16H20FNS. The van der Waals surface area contributed by atoms with Crippen LogP contribution < -0.4 is 5.32 Å². The summed E-state index contributed by atoms with van der Waals surface area (Å²) in [7, 11) is 0. The molecule has 1 atom stereocenters. The minimum atomic E-state index is -0.128. The minimum Gasteiger partial charge on any atom is -0.310 e. The number of aryl methyl sites for hydroxylation is 2. The summed E-state index contributed by atoms with van der Waals surface area (Å²) in [5.41, 5.74) is 3.28. The Balaban J connectivity index is 2.07. The number of thiophene rings is 1. The molecule has 2 aromatic rings. The molecule has 0 fully saturated rings. The molecule has 0 aliphatic heterocycles. The highest BCUT2D eigenvalue weighted by molar-refractivity contribution is 7.07. The summed E-state index contributed by atoms with van der Waals surface area (Å²) in [6.07, 6.45) is 2.09. The molecule has 0 spiro atoms. The molecule has 1 heterocycles. The van der Waals surface area contributed by atoms with Gasteiger partial charge in [-0.15, -0.1) is 0 Å². The van der Waals surface area contributed by atoms with Crippen LogP contribution in [0, 0.1) is 12.7 Å². The van der Waals surface area contributed by atoms with Crippen LogP contribution in [0.4, 0.5) is 4.39 Å². The highest BCUT2D eigenvalue weighted by Gasteiger charge is 2.11. The topological polar surface area (TPSA) is 12.0 Å². The van der Waals surface area contributed by atoms with Crippen molar-refractivity contribution in [2.45, 2.75) is 32.7 Å². The zero-order chi connectivity index (χ0) is 13.7. The number of hydrogen-bond donors (Lipinski definition) is 1. The third-order valence-corrected chi connectivity index (χ3v) is 4.07. The van der Waals surface area contributed by atoms with Gasteiger partial charge in [0.05, 0.1) is 0 Å². The predicted octanol–water partition coefficient (Wildman–Crippen LogP) is 4.48. The van der Waals surface area contributed by atoms with Crippen molar-refractivity contribution in [1.82, 2.24) is 5.32 Å². The van der Waals surface area contributed by atoms with Crippen molar-refractivity contribution in [3.8, 4) is 0 Å². The first-order valence-corrected chi connectivity index (χ1v) is 7.65. The van der Waals surface area contributed by atoms with Gasteiger partial charge in [0.1, 0.15) is 5.82 Å². The Morgan fingerprint density at radius 2 is 2.16 bits per heavy atom. The van der Waals surface area contributed by atoms with Gasteiger partial charge in [0, 0.05) is 6.04 Å². The molecule has 0 saturated carbocycles. The lowest BCUT2D eigenvalue weighted by atomic mass is 9.98. The Hall–Kier alpha value is -1.19. The maximum Gasteiger partial charge on any atom is 0.126 e. The molecule has 0 saturated heterocycles. The van der Waals surface area contributed by atoms with Crippen molar-refractivity contribution < 1.29 is 4.39 Å². The van der Waals surface area contributed by atoms with Crippen LogP contribution in [0.3, 0.4) is 0 Å². The molecule has 0 amide bonds. The Kier molecular flexibility index (Phi) is 5.11. The van der Waals surface area contributed by atoms with Gasteiger partial charge >= 0.3 is 0 Å². The van der Waals surface area contributed by atoms with Crippen molar-refractivity contribution in [2.75, 3.05) is 6.54 Å². The van der Waals surface area contributed by atoms with Crippen molar-refractivity contribution in [1.29, 1.82) is 0 Å². The first-order chi connectivity index (χ1) is 9.20. The van der Waals surface area contributed by atoms with E-state index in [1.807, 2.05) is 19.1 Å². The van der Waals surface area contributed by atoms with E-state index in [-0.39, 0.29) is 5.82 Å². The van der Waals surface area contributed by atoms with E-state index in [0.29, 0.717) is 6.04 Å². The zero-order valence-electron chi connectivity index (χ0n) is 11.4. The summed E-state index contributed by atoms with van der Waals surface area (Å²) in [6, 6.07) is 7.88. The molecule has 102 valence electrons. The van der Waals surface area contributed by atoms with E-state index in [2.05, 4.69) is 29.1 Å². The summed E-state index contributed by atoms with van der Waals surface area (Å²) >= 11 is 1.73. The molecule has 0 radical (unpaired) electrons. The van der Waals surface area contributed by atoms with E-state index in [1.54, 1.807) is 17.4 Å². The second kappa shape index (κ2) is 6.83. The van der Waals surface area contributed by atoms with Crippen LogP contribution in [0.5, 0.6) is 0 Å². The van der Waals surface area contributed by atoms with E-state index in [1.165, 1.54) is 11.1 Å². The fourth-order valence-electron chi connectivity index (χ4n) is 2.26. The highest BCUT2D eigenvalue weighted by Crippen LogP contribution is 2.22. The molecule has 1 nitrogen and oxygen atoms in total. The molecule has 0 aliphatic rings. The van der Waals surface area contributed by atoms with Crippen LogP contribution in [0.2, 0.25) is 0 Å². The number of rotatable bonds is 6. The van der Waals surface area contributed by atoms with Gasteiger partial charge in [-0.3, -0.25) is 0 Å². The van der Waals surface area contributed by atoms with Gasteiger partial charge in [-0.1, -0.05) is 19.1 Å². The van der Waals surface area contributed by atoms with E-state index in [4.69, 9.17) is 0 Å². The summed E-state index contributed by atoms with van der Waals surface area (Å²) in [4.78, 5) is 0. The summed E-state index contributed by atoms with van der Waals surface area (Å²) in [5.74, 6) is -0.128. The average Bonchev–Trinajstić information content (AvgIpc) is 2.91. The first-order valence-electron chi connectivity index (χ1n) is 6.71. The van der Waals surface area contributed by atoms with Crippen molar-refractivity contribution in [3.05, 3.63) is 57.5 Å². The van der Waals surface area contributed by atoms with Crippen molar-refractivity contribution in [3.63, 3.8) is 0 Å². The maximum absolute atomic E-state index is 13.3. The number of hydrogen-bond acceptors (Lipinski definition) is 2. The molecule has 1 aromatic carbocycles. The highest BCUT2D eigenvalue weighted by atomic mass is 32.1. The molecule has 1 N–H and O–H groups in total. The second-order valence-electron chi connectivity index (χ2n) is 4.79. The van der Waals surface area contributed by atoms with Crippen LogP contribution in [-0.2, 0) is 6.42 Å². The molecule has 1 unspecified atom stereocenters. The number of nitrogens with one attached hydrogen (secondary N) is 1. The number of halogens is 1. The minimum absolute atomic E-state index is 0.128. The normalized spacial score (nSPS) is 12.6. The third kappa shape index (κ3) is 3.88. The molecule has 19 heavy (non-hydrogen) atoms. The van der Waals surface area contributed by atoms with Gasteiger partial charge in [-0.2, -0.15) is 11.3 Å². The van der Waals surface area contributed by atoms with E-state index < -0.39 is 0 Å². The maximum atomic E-state index is 13.3. The van der Waals surface area contributed by atoms with Crippen molar-refractivity contribution >= 4 is 11.3 Å². The fraction of sp³-hybridized carbons (Fsp3) is 0.375. The predicted molar refractivity (Wildman–Crippen MR) is 80.2 cm³/mol. The average molecular weight is 277 g/mol. The van der Waals surface area contributed by atoms with Gasteiger partial charge in [-0.25, -0.2) is 4.39 Å². The van der Waals surface area contributed by atoms with Gasteiger partial charge < -0.3 is 5.32 Å². The van der Waals surface area contributed by atoms with Gasteiger partial charge in [0.2, 0.25) is 0 Å². The van der Waals surface area contributed by atoms with Gasteiger partial charge in [0.25, 0.3) is 0 Å². The van der Waals surface area contributed by atoms with Crippen LogP contribution in [0.25, 0.3) is 0 Å². The van der Waals surface area contributed by atoms with E-state index >= 15 is 0 Å². The lowest BCUT2D eigenvalue weighted by molar-refractivity contribution is 0.513. The van der Waals surface area contributed by atoms with Gasteiger partial charge in [-0.05, 0) is 65.9 Å². The molecule has 0 aliphatic carbocycles. The Morgan fingerprint density at radius 1 is 1.32 bits per heavy atom. The lowest BCUT2D eigenvalue weighted by Crippen LogP contribution is -2.21. The molecule has 2 rings (SSSR count). The second-order valence-corrected chi connectivity index (χ2v) is 5.57. The molecule has 3 heteroatoms. The Bertz CT molecular complexity index is 507. The quantitative estimate of drug-likeness (QED) is 0.821. The van der Waals surface area contributed by atoms with E-state index in [9.17, 15) is 4.39 Å². The first kappa shape index (κ1) is 14.2. The van der Waals surface area contributed by atoms with Crippen molar-refractivity contribution in [2.24, 2.45) is 0 Å². The smallest absolute Gasteiger partial charge is 0.126 e. The molecule has 1 aromatic heterocycles. The van der Waals surface area contributed by atoms with E-state index in [0.717, 1.165) is 24.9 Å². The van der Waals surface area contributed by atoms with Crippen LogP contribution in [-0.4, -0.2) is 6.54 Å². The van der Waals surface area contributed by atoms with Crippen LogP contribution in [0.1, 0.15) is 36.1 Å². The Morgan fingerprint density at radius 3 is 2.79 bits per heavy atom. The lowest BCUT2D eigenvalue weighted by Gasteiger charge is -2.19. The summed E-state index contributed by atoms with van der Waals surface area (Å²) in [6.45, 7) is 4.85. The summed E-state index contributed by atoms with van der Waals surface area (Å²) < 4.78 is 13.3. The molecular weight excluding hydrogens is 257 g/mol. The summed E-state index contributed by atoms with van der Waals surface area (Å²) in [5, 5.41) is 7.79. The standard InChI is InChI=1S/C16H20FNS/c1-3-18-16(7-4-13-8-9-19-11-13)14-5-6-15(17)12(2)10-14/h5-6,8-11,16,18H,3-4,7H2,1-2H3. The Labute approximate surface area is 118 Å². The van der Waals surface area contributed by atoms with Crippen LogP contribution in [0.15, 0.2) is 35.0 Å². The largest absolute Gasteiger partial charge is 0.310 e.